The Morgan fingerprint density at radius 3 is 2.29 bits per heavy atom. The van der Waals surface area contributed by atoms with Gasteiger partial charge >= 0.3 is 0 Å². The predicted octanol–water partition coefficient (Wildman–Crippen LogP) is 2.40. The zero-order valence-electron chi connectivity index (χ0n) is 11.0. The van der Waals surface area contributed by atoms with Gasteiger partial charge in [-0.15, -0.1) is 0 Å². The van der Waals surface area contributed by atoms with Gasteiger partial charge in [0.05, 0.1) is 5.69 Å². The van der Waals surface area contributed by atoms with Gasteiger partial charge in [0.1, 0.15) is 0 Å². The number of carbonyl (C=O) groups is 2. The van der Waals surface area contributed by atoms with Crippen LogP contribution in [0.25, 0.3) is 0 Å². The van der Waals surface area contributed by atoms with E-state index in [1.165, 1.54) is 12.1 Å². The van der Waals surface area contributed by atoms with E-state index in [9.17, 15) is 19.7 Å². The fourth-order valence-electron chi connectivity index (χ4n) is 1.82. The molecule has 0 aliphatic carbocycles. The molecule has 1 N–H and O–H groups in total. The van der Waals surface area contributed by atoms with E-state index < -0.39 is 17.3 Å². The summed E-state index contributed by atoms with van der Waals surface area (Å²) in [5.74, 6) is -1.03. The minimum Gasteiger partial charge on any atom is -0.321 e. The number of ketones is 1. The van der Waals surface area contributed by atoms with Crippen LogP contribution in [0, 0.1) is 10.1 Å². The van der Waals surface area contributed by atoms with Crippen LogP contribution in [-0.2, 0) is 0 Å². The third kappa shape index (κ3) is 3.73. The van der Waals surface area contributed by atoms with Gasteiger partial charge in [0.2, 0.25) is 5.78 Å². The summed E-state index contributed by atoms with van der Waals surface area (Å²) in [6.07, 6.45) is 0. The molecule has 21 heavy (non-hydrogen) atoms. The normalized spacial score (nSPS) is 9.90. The second-order valence-corrected chi connectivity index (χ2v) is 4.28. The topological polar surface area (TPSA) is 89.3 Å². The molecule has 6 heteroatoms. The number of para-hydroxylation sites is 1. The van der Waals surface area contributed by atoms with Gasteiger partial charge in [-0.25, -0.2) is 0 Å². The number of Topliss-reactive ketones (excluding diaryl/α,β-unsaturated/α-hetero) is 1. The van der Waals surface area contributed by atoms with Crippen molar-refractivity contribution in [2.75, 3.05) is 11.9 Å². The number of hydrogen-bond acceptors (Lipinski definition) is 4. The van der Waals surface area contributed by atoms with Crippen LogP contribution < -0.4 is 5.32 Å². The highest BCUT2D eigenvalue weighted by Crippen LogP contribution is 2.17. The molecule has 0 aromatic heterocycles. The van der Waals surface area contributed by atoms with Crippen molar-refractivity contribution in [3.05, 3.63) is 75.8 Å². The van der Waals surface area contributed by atoms with Crippen molar-refractivity contribution >= 4 is 17.4 Å². The SMILES string of the molecule is O=C(Nc1ccccc1C(=O)C[N+](=O)[O-])c1ccccc1. The number of hydrogen-bond donors (Lipinski definition) is 1. The first-order chi connectivity index (χ1) is 10.1. The molecule has 2 rings (SSSR count). The highest BCUT2D eigenvalue weighted by atomic mass is 16.6. The Balaban J connectivity index is 2.23. The van der Waals surface area contributed by atoms with Crippen LogP contribution in [0.2, 0.25) is 0 Å². The molecule has 0 atom stereocenters. The second-order valence-electron chi connectivity index (χ2n) is 4.28. The van der Waals surface area contributed by atoms with Crippen molar-refractivity contribution in [1.29, 1.82) is 0 Å². The quantitative estimate of drug-likeness (QED) is 0.518. The van der Waals surface area contributed by atoms with E-state index in [4.69, 9.17) is 0 Å². The maximum Gasteiger partial charge on any atom is 0.265 e. The van der Waals surface area contributed by atoms with Gasteiger partial charge in [0, 0.05) is 16.1 Å². The second kappa shape index (κ2) is 6.42. The highest BCUT2D eigenvalue weighted by Gasteiger charge is 2.17. The Hall–Kier alpha value is -3.02. The Kier molecular flexibility index (Phi) is 4.40. The number of benzene rings is 2. The Bertz CT molecular complexity index is 683. The van der Waals surface area contributed by atoms with Crippen LogP contribution in [0.4, 0.5) is 5.69 Å². The molecular formula is C15H12N2O4. The lowest BCUT2D eigenvalue weighted by Crippen LogP contribution is -2.18. The van der Waals surface area contributed by atoms with Crippen molar-refractivity contribution in [2.24, 2.45) is 0 Å². The Morgan fingerprint density at radius 2 is 1.62 bits per heavy atom. The summed E-state index contributed by atoms with van der Waals surface area (Å²) in [6, 6.07) is 14.7. The standard InChI is InChI=1S/C15H12N2O4/c18-14(10-17(20)21)12-8-4-5-9-13(12)16-15(19)11-6-2-1-3-7-11/h1-9H,10H2,(H,16,19). The van der Waals surface area contributed by atoms with Crippen molar-refractivity contribution in [3.8, 4) is 0 Å². The maximum absolute atomic E-state index is 12.1. The van der Waals surface area contributed by atoms with Crippen LogP contribution in [0.3, 0.4) is 0 Å². The fraction of sp³-hybridized carbons (Fsp3) is 0.0667. The third-order valence-electron chi connectivity index (χ3n) is 2.78. The van der Waals surface area contributed by atoms with E-state index in [2.05, 4.69) is 5.32 Å². The summed E-state index contributed by atoms with van der Waals surface area (Å²) < 4.78 is 0. The minimum atomic E-state index is -0.807. The molecule has 0 bridgehead atoms. The molecule has 106 valence electrons. The number of amides is 1. The monoisotopic (exact) mass is 284 g/mol. The molecule has 0 aliphatic heterocycles. The molecule has 0 saturated carbocycles. The number of nitrogens with zero attached hydrogens (tertiary/aromatic N) is 1. The molecule has 0 fully saturated rings. The maximum atomic E-state index is 12.1. The fourth-order valence-corrected chi connectivity index (χ4v) is 1.82. The molecule has 0 aliphatic rings. The van der Waals surface area contributed by atoms with Gasteiger partial charge < -0.3 is 5.32 Å². The van der Waals surface area contributed by atoms with Gasteiger partial charge in [-0.1, -0.05) is 30.3 Å². The van der Waals surface area contributed by atoms with Gasteiger partial charge in [-0.3, -0.25) is 19.7 Å². The number of anilines is 1. The molecule has 0 saturated heterocycles. The van der Waals surface area contributed by atoms with E-state index in [-0.39, 0.29) is 17.2 Å². The molecule has 6 nitrogen and oxygen atoms in total. The summed E-state index contributed by atoms with van der Waals surface area (Å²) in [5.41, 5.74) is 0.825. The number of nitrogens with one attached hydrogen (secondary N) is 1. The summed E-state index contributed by atoms with van der Waals surface area (Å²) in [4.78, 5) is 33.6. The predicted molar refractivity (Wildman–Crippen MR) is 77.0 cm³/mol. The zero-order chi connectivity index (χ0) is 15.2. The average molecular weight is 284 g/mol. The first kappa shape index (κ1) is 14.4. The van der Waals surface area contributed by atoms with Gasteiger partial charge in [0.25, 0.3) is 12.5 Å². The third-order valence-corrected chi connectivity index (χ3v) is 2.78. The van der Waals surface area contributed by atoms with E-state index >= 15 is 0 Å². The van der Waals surface area contributed by atoms with Gasteiger partial charge in [-0.05, 0) is 24.3 Å². The molecule has 2 aromatic rings. The van der Waals surface area contributed by atoms with E-state index in [0.29, 0.717) is 5.56 Å². The lowest BCUT2D eigenvalue weighted by atomic mass is 10.1. The highest BCUT2D eigenvalue weighted by molar-refractivity contribution is 6.09. The molecule has 0 unspecified atom stereocenters. The van der Waals surface area contributed by atoms with Crippen molar-refractivity contribution in [1.82, 2.24) is 0 Å². The van der Waals surface area contributed by atoms with E-state index in [1.54, 1.807) is 42.5 Å². The van der Waals surface area contributed by atoms with E-state index in [0.717, 1.165) is 0 Å². The Labute approximate surface area is 120 Å². The lowest BCUT2D eigenvalue weighted by molar-refractivity contribution is -0.465. The molecule has 0 radical (unpaired) electrons. The Morgan fingerprint density at radius 1 is 1.00 bits per heavy atom. The molecule has 2 aromatic carbocycles. The van der Waals surface area contributed by atoms with Crippen molar-refractivity contribution in [2.45, 2.75) is 0 Å². The average Bonchev–Trinajstić information content (AvgIpc) is 2.48. The summed E-state index contributed by atoms with van der Waals surface area (Å²) >= 11 is 0. The van der Waals surface area contributed by atoms with Crippen LogP contribution in [0.1, 0.15) is 20.7 Å². The van der Waals surface area contributed by atoms with Crippen LogP contribution >= 0.6 is 0 Å². The smallest absolute Gasteiger partial charge is 0.265 e. The zero-order valence-corrected chi connectivity index (χ0v) is 11.0. The summed E-state index contributed by atoms with van der Waals surface area (Å²) in [6.45, 7) is -0.807. The number of carbonyl (C=O) groups excluding carboxylic acids is 2. The summed E-state index contributed by atoms with van der Waals surface area (Å²) in [7, 11) is 0. The van der Waals surface area contributed by atoms with Gasteiger partial charge in [-0.2, -0.15) is 0 Å². The first-order valence-corrected chi connectivity index (χ1v) is 6.18. The lowest BCUT2D eigenvalue weighted by Gasteiger charge is -2.09. The molecular weight excluding hydrogens is 272 g/mol. The van der Waals surface area contributed by atoms with Crippen LogP contribution in [0.5, 0.6) is 0 Å². The minimum absolute atomic E-state index is 0.124. The number of nitro groups is 1. The van der Waals surface area contributed by atoms with Crippen LogP contribution in [0.15, 0.2) is 54.6 Å². The molecule has 0 spiro atoms. The molecule has 1 amide bonds. The summed E-state index contributed by atoms with van der Waals surface area (Å²) in [5, 5.41) is 13.0. The van der Waals surface area contributed by atoms with E-state index in [1.807, 2.05) is 0 Å². The number of rotatable bonds is 5. The van der Waals surface area contributed by atoms with Gasteiger partial charge in [0.15, 0.2) is 0 Å². The van der Waals surface area contributed by atoms with Crippen molar-refractivity contribution < 1.29 is 14.5 Å². The van der Waals surface area contributed by atoms with Crippen molar-refractivity contribution in [3.63, 3.8) is 0 Å². The first-order valence-electron chi connectivity index (χ1n) is 6.18. The largest absolute Gasteiger partial charge is 0.321 e. The molecule has 0 heterocycles. The van der Waals surface area contributed by atoms with Crippen LogP contribution in [-0.4, -0.2) is 23.2 Å².